The highest BCUT2D eigenvalue weighted by atomic mass is 32.1. The second kappa shape index (κ2) is 6.72. The molecular formula is C22H15N3O3S. The molecule has 0 aliphatic rings. The lowest BCUT2D eigenvalue weighted by molar-refractivity contribution is -0.384. The number of nitrogens with zero attached hydrogens (tertiary/aromatic N) is 3. The zero-order valence-corrected chi connectivity index (χ0v) is 16.2. The Bertz CT molecular complexity index is 1360. The molecule has 5 rings (SSSR count). The van der Waals surface area contributed by atoms with Gasteiger partial charge in [-0.3, -0.25) is 14.5 Å². The van der Waals surface area contributed by atoms with Crippen LogP contribution in [0.4, 0.5) is 5.69 Å². The SMILES string of the molecule is COc1ccc(-c2nc3sc4cc([N+](=O)[O-])ccc4n3c2-c2ccccc2)cc1. The minimum absolute atomic E-state index is 0.0821. The quantitative estimate of drug-likeness (QED) is 0.282. The van der Waals surface area contributed by atoms with Gasteiger partial charge < -0.3 is 4.74 Å². The van der Waals surface area contributed by atoms with E-state index in [4.69, 9.17) is 9.72 Å². The van der Waals surface area contributed by atoms with Gasteiger partial charge in [0.2, 0.25) is 0 Å². The molecule has 0 atom stereocenters. The van der Waals surface area contributed by atoms with Crippen LogP contribution in [0.5, 0.6) is 5.75 Å². The lowest BCUT2D eigenvalue weighted by atomic mass is 10.0. The lowest BCUT2D eigenvalue weighted by Crippen LogP contribution is -1.90. The highest BCUT2D eigenvalue weighted by molar-refractivity contribution is 7.23. The van der Waals surface area contributed by atoms with E-state index in [0.717, 1.165) is 43.4 Å². The number of aromatic nitrogens is 2. The van der Waals surface area contributed by atoms with Crippen molar-refractivity contribution in [3.63, 3.8) is 0 Å². The van der Waals surface area contributed by atoms with Crippen LogP contribution in [-0.4, -0.2) is 21.4 Å². The molecule has 0 amide bonds. The average molecular weight is 401 g/mol. The van der Waals surface area contributed by atoms with Crippen LogP contribution >= 0.6 is 11.3 Å². The normalized spacial score (nSPS) is 11.2. The first-order valence-electron chi connectivity index (χ1n) is 8.95. The van der Waals surface area contributed by atoms with Gasteiger partial charge in [-0.15, -0.1) is 0 Å². The summed E-state index contributed by atoms with van der Waals surface area (Å²) in [4.78, 5) is 16.5. The monoisotopic (exact) mass is 401 g/mol. The number of hydrogen-bond acceptors (Lipinski definition) is 5. The fourth-order valence-corrected chi connectivity index (χ4v) is 4.54. The lowest BCUT2D eigenvalue weighted by Gasteiger charge is -2.07. The number of non-ortho nitro benzene ring substituents is 1. The van der Waals surface area contributed by atoms with E-state index in [1.807, 2.05) is 54.6 Å². The van der Waals surface area contributed by atoms with Crippen LogP contribution in [0.3, 0.4) is 0 Å². The van der Waals surface area contributed by atoms with Crippen molar-refractivity contribution in [2.75, 3.05) is 7.11 Å². The van der Waals surface area contributed by atoms with Gasteiger partial charge in [-0.2, -0.15) is 0 Å². The molecule has 29 heavy (non-hydrogen) atoms. The second-order valence-electron chi connectivity index (χ2n) is 6.53. The van der Waals surface area contributed by atoms with Crippen molar-refractivity contribution < 1.29 is 9.66 Å². The number of thiazole rings is 1. The number of ether oxygens (including phenoxy) is 1. The molecule has 7 heteroatoms. The highest BCUT2D eigenvalue weighted by Crippen LogP contribution is 2.39. The molecule has 0 unspecified atom stereocenters. The predicted molar refractivity (Wildman–Crippen MR) is 115 cm³/mol. The van der Waals surface area contributed by atoms with Crippen molar-refractivity contribution in [3.05, 3.63) is 82.9 Å². The fraction of sp³-hybridized carbons (Fsp3) is 0.0455. The van der Waals surface area contributed by atoms with Crippen LogP contribution in [0.1, 0.15) is 0 Å². The molecule has 0 bridgehead atoms. The van der Waals surface area contributed by atoms with Crippen molar-refractivity contribution in [1.29, 1.82) is 0 Å². The Balaban J connectivity index is 1.82. The van der Waals surface area contributed by atoms with Gasteiger partial charge >= 0.3 is 0 Å². The number of rotatable bonds is 4. The van der Waals surface area contributed by atoms with Crippen molar-refractivity contribution in [3.8, 4) is 28.3 Å². The smallest absolute Gasteiger partial charge is 0.270 e. The highest BCUT2D eigenvalue weighted by Gasteiger charge is 2.21. The first kappa shape index (κ1) is 17.4. The van der Waals surface area contributed by atoms with Gasteiger partial charge in [0.05, 0.1) is 33.6 Å². The van der Waals surface area contributed by atoms with Crippen LogP contribution in [0, 0.1) is 10.1 Å². The zero-order valence-electron chi connectivity index (χ0n) is 15.4. The van der Waals surface area contributed by atoms with Crippen LogP contribution in [0.2, 0.25) is 0 Å². The van der Waals surface area contributed by atoms with E-state index in [2.05, 4.69) is 4.40 Å². The molecular weight excluding hydrogens is 386 g/mol. The molecule has 0 N–H and O–H groups in total. The van der Waals surface area contributed by atoms with E-state index in [1.165, 1.54) is 17.4 Å². The summed E-state index contributed by atoms with van der Waals surface area (Å²) in [5, 5.41) is 11.2. The van der Waals surface area contributed by atoms with Crippen LogP contribution < -0.4 is 4.74 Å². The molecule has 3 aromatic carbocycles. The molecule has 142 valence electrons. The Morgan fingerprint density at radius 2 is 1.76 bits per heavy atom. The third kappa shape index (κ3) is 2.83. The Morgan fingerprint density at radius 1 is 1.00 bits per heavy atom. The summed E-state index contributed by atoms with van der Waals surface area (Å²) in [5.74, 6) is 0.786. The summed E-state index contributed by atoms with van der Waals surface area (Å²) >= 11 is 1.45. The van der Waals surface area contributed by atoms with Crippen LogP contribution in [-0.2, 0) is 0 Å². The maximum atomic E-state index is 11.2. The zero-order chi connectivity index (χ0) is 20.0. The third-order valence-electron chi connectivity index (χ3n) is 4.85. The van der Waals surface area contributed by atoms with Gasteiger partial charge in [0, 0.05) is 23.3 Å². The average Bonchev–Trinajstić information content (AvgIpc) is 3.29. The first-order valence-corrected chi connectivity index (χ1v) is 9.76. The topological polar surface area (TPSA) is 69.7 Å². The van der Waals surface area contributed by atoms with Crippen molar-refractivity contribution in [2.45, 2.75) is 0 Å². The Labute approximate surface area is 169 Å². The summed E-state index contributed by atoms with van der Waals surface area (Å²) in [6, 6.07) is 22.8. The summed E-state index contributed by atoms with van der Waals surface area (Å²) < 4.78 is 8.19. The molecule has 5 aromatic rings. The first-order chi connectivity index (χ1) is 14.2. The van der Waals surface area contributed by atoms with Gasteiger partial charge in [0.25, 0.3) is 5.69 Å². The fourth-order valence-electron chi connectivity index (χ4n) is 3.49. The summed E-state index contributed by atoms with van der Waals surface area (Å²) in [5.41, 5.74) is 4.83. The largest absolute Gasteiger partial charge is 0.497 e. The van der Waals surface area contributed by atoms with Gasteiger partial charge in [0.15, 0.2) is 4.96 Å². The number of methoxy groups -OCH3 is 1. The van der Waals surface area contributed by atoms with Crippen LogP contribution in [0.25, 0.3) is 37.7 Å². The van der Waals surface area contributed by atoms with E-state index in [1.54, 1.807) is 19.2 Å². The van der Waals surface area contributed by atoms with E-state index >= 15 is 0 Å². The maximum Gasteiger partial charge on any atom is 0.270 e. The standard InChI is InChI=1S/C22H15N3O3S/c1-28-17-10-7-14(8-11-17)20-21(15-5-3-2-4-6-15)24-18-12-9-16(25(26)27)13-19(18)29-22(24)23-20/h2-13H,1H3. The number of fused-ring (bicyclic) bond motifs is 3. The Hall–Kier alpha value is -3.71. The molecule has 2 aromatic heterocycles. The van der Waals surface area contributed by atoms with Crippen molar-refractivity contribution in [2.24, 2.45) is 0 Å². The third-order valence-corrected chi connectivity index (χ3v) is 5.86. The minimum atomic E-state index is -0.372. The second-order valence-corrected chi connectivity index (χ2v) is 7.54. The molecule has 0 radical (unpaired) electrons. The molecule has 2 heterocycles. The molecule has 0 saturated carbocycles. The molecule has 0 aliphatic heterocycles. The summed E-state index contributed by atoms with van der Waals surface area (Å²) in [6.45, 7) is 0. The number of hydrogen-bond donors (Lipinski definition) is 0. The summed E-state index contributed by atoms with van der Waals surface area (Å²) in [7, 11) is 1.64. The van der Waals surface area contributed by atoms with Crippen LogP contribution in [0.15, 0.2) is 72.8 Å². The number of benzene rings is 3. The maximum absolute atomic E-state index is 11.2. The van der Waals surface area contributed by atoms with Gasteiger partial charge in [-0.1, -0.05) is 41.7 Å². The molecule has 0 spiro atoms. The van der Waals surface area contributed by atoms with E-state index in [0.29, 0.717) is 0 Å². The number of imidazole rings is 1. The van der Waals surface area contributed by atoms with E-state index in [9.17, 15) is 10.1 Å². The van der Waals surface area contributed by atoms with Gasteiger partial charge in [-0.05, 0) is 30.3 Å². The van der Waals surface area contributed by atoms with Gasteiger partial charge in [-0.25, -0.2) is 4.98 Å². The van der Waals surface area contributed by atoms with Gasteiger partial charge in [0.1, 0.15) is 5.75 Å². The number of nitro benzene ring substituents is 1. The van der Waals surface area contributed by atoms with Crippen molar-refractivity contribution >= 4 is 32.2 Å². The molecule has 0 saturated heterocycles. The minimum Gasteiger partial charge on any atom is -0.497 e. The van der Waals surface area contributed by atoms with E-state index in [-0.39, 0.29) is 10.6 Å². The molecule has 0 fully saturated rings. The number of nitro groups is 1. The molecule has 0 aliphatic carbocycles. The molecule has 6 nitrogen and oxygen atoms in total. The van der Waals surface area contributed by atoms with Crippen molar-refractivity contribution in [1.82, 2.24) is 9.38 Å². The Morgan fingerprint density at radius 3 is 2.45 bits per heavy atom. The predicted octanol–water partition coefficient (Wildman–Crippen LogP) is 5.80. The van der Waals surface area contributed by atoms with E-state index < -0.39 is 0 Å². The summed E-state index contributed by atoms with van der Waals surface area (Å²) in [6.07, 6.45) is 0. The Kier molecular flexibility index (Phi) is 4.03.